The lowest BCUT2D eigenvalue weighted by Gasteiger charge is -2.06. The molecule has 1 N–H and O–H groups in total. The standard InChI is InChI=1S/C13H16ClNO3S/c1-11(2)19(16,17)15-9-5-6-10-18-13-8-4-3-7-12(13)14/h3-4,7-8,11,15H,9-10H2,1-2H3. The molecule has 1 aromatic carbocycles. The minimum atomic E-state index is -3.26. The lowest BCUT2D eigenvalue weighted by molar-refractivity contribution is 0.370. The molecule has 0 atom stereocenters. The summed E-state index contributed by atoms with van der Waals surface area (Å²) in [5, 5.41) is 0.0542. The van der Waals surface area contributed by atoms with E-state index < -0.39 is 15.3 Å². The zero-order valence-corrected chi connectivity index (χ0v) is 12.4. The number of hydrogen-bond donors (Lipinski definition) is 1. The molecule has 0 saturated carbocycles. The molecule has 19 heavy (non-hydrogen) atoms. The molecule has 1 rings (SSSR count). The van der Waals surface area contributed by atoms with Crippen LogP contribution >= 0.6 is 11.6 Å². The van der Waals surface area contributed by atoms with Gasteiger partial charge in [-0.3, -0.25) is 0 Å². The minimum absolute atomic E-state index is 0.0758. The monoisotopic (exact) mass is 301 g/mol. The van der Waals surface area contributed by atoms with Crippen LogP contribution in [0.1, 0.15) is 13.8 Å². The van der Waals surface area contributed by atoms with E-state index in [9.17, 15) is 8.42 Å². The lowest BCUT2D eigenvalue weighted by Crippen LogP contribution is -2.31. The van der Waals surface area contributed by atoms with E-state index in [0.717, 1.165) is 0 Å². The number of rotatable bonds is 5. The highest BCUT2D eigenvalue weighted by Gasteiger charge is 2.13. The highest BCUT2D eigenvalue weighted by Crippen LogP contribution is 2.22. The van der Waals surface area contributed by atoms with Crippen LogP contribution in [0.2, 0.25) is 5.02 Å². The molecule has 0 amide bonds. The second-order valence-corrected chi connectivity index (χ2v) is 6.72. The fourth-order valence-corrected chi connectivity index (χ4v) is 1.89. The van der Waals surface area contributed by atoms with Gasteiger partial charge < -0.3 is 4.74 Å². The van der Waals surface area contributed by atoms with Gasteiger partial charge in [0, 0.05) is 0 Å². The fourth-order valence-electron chi connectivity index (χ4n) is 1.09. The van der Waals surface area contributed by atoms with Gasteiger partial charge in [0.2, 0.25) is 10.0 Å². The summed E-state index contributed by atoms with van der Waals surface area (Å²) < 4.78 is 30.5. The second-order valence-electron chi connectivity index (χ2n) is 3.99. The molecule has 1 aromatic rings. The molecule has 0 saturated heterocycles. The van der Waals surface area contributed by atoms with Gasteiger partial charge in [0.15, 0.2) is 0 Å². The Kier molecular flexibility index (Phi) is 6.16. The summed E-state index contributed by atoms with van der Waals surface area (Å²) in [7, 11) is -3.26. The normalized spacial score (nSPS) is 10.9. The average Bonchev–Trinajstić information content (AvgIpc) is 2.35. The van der Waals surface area contributed by atoms with Crippen molar-refractivity contribution in [3.8, 4) is 17.6 Å². The number of para-hydroxylation sites is 1. The smallest absolute Gasteiger partial charge is 0.214 e. The van der Waals surface area contributed by atoms with Crippen LogP contribution in [-0.2, 0) is 10.0 Å². The van der Waals surface area contributed by atoms with Crippen LogP contribution in [0.5, 0.6) is 5.75 Å². The van der Waals surface area contributed by atoms with Crippen LogP contribution in [0.25, 0.3) is 0 Å². The third-order valence-electron chi connectivity index (χ3n) is 2.24. The van der Waals surface area contributed by atoms with Crippen molar-refractivity contribution in [3.63, 3.8) is 0 Å². The van der Waals surface area contributed by atoms with Crippen molar-refractivity contribution in [1.29, 1.82) is 0 Å². The van der Waals surface area contributed by atoms with E-state index in [4.69, 9.17) is 16.3 Å². The van der Waals surface area contributed by atoms with Gasteiger partial charge in [0.1, 0.15) is 12.4 Å². The molecule has 0 aliphatic carbocycles. The number of benzene rings is 1. The van der Waals surface area contributed by atoms with Gasteiger partial charge in [-0.05, 0) is 26.0 Å². The Bertz CT molecular complexity index is 573. The van der Waals surface area contributed by atoms with Gasteiger partial charge >= 0.3 is 0 Å². The molecule has 0 aliphatic heterocycles. The van der Waals surface area contributed by atoms with Crippen LogP contribution in [0.4, 0.5) is 0 Å². The third-order valence-corrected chi connectivity index (χ3v) is 4.34. The SMILES string of the molecule is CC(C)S(=O)(=O)NCC#CCOc1ccccc1Cl. The largest absolute Gasteiger partial charge is 0.479 e. The zero-order chi connectivity index (χ0) is 14.3. The van der Waals surface area contributed by atoms with E-state index in [1.165, 1.54) is 0 Å². The van der Waals surface area contributed by atoms with Crippen LogP contribution in [-0.4, -0.2) is 26.8 Å². The van der Waals surface area contributed by atoms with E-state index in [1.54, 1.807) is 26.0 Å². The summed E-state index contributed by atoms with van der Waals surface area (Å²) in [5.41, 5.74) is 0. The van der Waals surface area contributed by atoms with Crippen molar-refractivity contribution in [3.05, 3.63) is 29.3 Å². The van der Waals surface area contributed by atoms with E-state index in [2.05, 4.69) is 16.6 Å². The summed E-state index contributed by atoms with van der Waals surface area (Å²) in [6.07, 6.45) is 0. The summed E-state index contributed by atoms with van der Waals surface area (Å²) in [6.45, 7) is 3.45. The Morgan fingerprint density at radius 2 is 2.00 bits per heavy atom. The average molecular weight is 302 g/mol. The number of ether oxygens (including phenoxy) is 1. The highest BCUT2D eigenvalue weighted by atomic mass is 35.5. The van der Waals surface area contributed by atoms with Crippen LogP contribution < -0.4 is 9.46 Å². The Morgan fingerprint density at radius 3 is 2.63 bits per heavy atom. The molecule has 0 bridgehead atoms. The Balaban J connectivity index is 2.36. The maximum atomic E-state index is 11.4. The molecular weight excluding hydrogens is 286 g/mol. The predicted molar refractivity (Wildman–Crippen MR) is 76.8 cm³/mol. The van der Waals surface area contributed by atoms with Crippen molar-refractivity contribution in [1.82, 2.24) is 4.72 Å². The predicted octanol–water partition coefficient (Wildman–Crippen LogP) is 2.05. The minimum Gasteiger partial charge on any atom is -0.479 e. The van der Waals surface area contributed by atoms with Gasteiger partial charge in [-0.1, -0.05) is 35.6 Å². The molecule has 6 heteroatoms. The van der Waals surface area contributed by atoms with Gasteiger partial charge in [-0.15, -0.1) is 0 Å². The maximum absolute atomic E-state index is 11.4. The lowest BCUT2D eigenvalue weighted by atomic mass is 10.3. The van der Waals surface area contributed by atoms with Crippen LogP contribution in [0.3, 0.4) is 0 Å². The van der Waals surface area contributed by atoms with E-state index in [1.807, 2.05) is 12.1 Å². The van der Waals surface area contributed by atoms with Gasteiger partial charge in [-0.2, -0.15) is 0 Å². The number of halogens is 1. The number of hydrogen-bond acceptors (Lipinski definition) is 3. The first kappa shape index (κ1) is 15.8. The molecule has 104 valence electrons. The van der Waals surface area contributed by atoms with Crippen molar-refractivity contribution < 1.29 is 13.2 Å². The Hall–Kier alpha value is -1.22. The second kappa shape index (κ2) is 7.39. The summed E-state index contributed by atoms with van der Waals surface area (Å²) in [4.78, 5) is 0. The van der Waals surface area contributed by atoms with Crippen molar-refractivity contribution in [2.24, 2.45) is 0 Å². The van der Waals surface area contributed by atoms with Crippen molar-refractivity contribution >= 4 is 21.6 Å². The molecule has 0 aliphatic rings. The summed E-state index contributed by atoms with van der Waals surface area (Å²) in [6, 6.07) is 7.08. The van der Waals surface area contributed by atoms with Gasteiger partial charge in [-0.25, -0.2) is 13.1 Å². The first-order valence-corrected chi connectivity index (χ1v) is 7.67. The maximum Gasteiger partial charge on any atom is 0.214 e. The highest BCUT2D eigenvalue weighted by molar-refractivity contribution is 7.90. The molecule has 0 spiro atoms. The molecule has 0 unspecified atom stereocenters. The zero-order valence-electron chi connectivity index (χ0n) is 10.8. The first-order valence-electron chi connectivity index (χ1n) is 5.75. The van der Waals surface area contributed by atoms with E-state index >= 15 is 0 Å². The topological polar surface area (TPSA) is 55.4 Å². The number of sulfonamides is 1. The number of nitrogens with one attached hydrogen (secondary N) is 1. The molecule has 0 fully saturated rings. The third kappa shape index (κ3) is 5.52. The van der Waals surface area contributed by atoms with Gasteiger partial charge in [0.05, 0.1) is 16.8 Å². The Labute approximate surface area is 119 Å². The summed E-state index contributed by atoms with van der Waals surface area (Å²) in [5.74, 6) is 5.95. The van der Waals surface area contributed by atoms with Crippen LogP contribution in [0, 0.1) is 11.8 Å². The van der Waals surface area contributed by atoms with Gasteiger partial charge in [0.25, 0.3) is 0 Å². The van der Waals surface area contributed by atoms with E-state index in [0.29, 0.717) is 10.8 Å². The Morgan fingerprint density at radius 1 is 1.32 bits per heavy atom. The molecule has 0 aromatic heterocycles. The van der Waals surface area contributed by atoms with Crippen molar-refractivity contribution in [2.75, 3.05) is 13.2 Å². The van der Waals surface area contributed by atoms with Crippen LogP contribution in [0.15, 0.2) is 24.3 Å². The summed E-state index contributed by atoms with van der Waals surface area (Å²) >= 11 is 5.89. The molecule has 0 heterocycles. The fraction of sp³-hybridized carbons (Fsp3) is 0.385. The van der Waals surface area contributed by atoms with E-state index in [-0.39, 0.29) is 13.2 Å². The first-order chi connectivity index (χ1) is 8.93. The quantitative estimate of drug-likeness (QED) is 0.847. The van der Waals surface area contributed by atoms with Crippen molar-refractivity contribution in [2.45, 2.75) is 19.1 Å². The molecule has 4 nitrogen and oxygen atoms in total. The molecular formula is C13H16ClNO3S. The molecule has 0 radical (unpaired) electrons.